The van der Waals surface area contributed by atoms with Crippen LogP contribution in [0.4, 0.5) is 0 Å². The molecule has 0 unspecified atom stereocenters. The van der Waals surface area contributed by atoms with Gasteiger partial charge in [0.2, 0.25) is 0 Å². The first-order chi connectivity index (χ1) is 8.77. The molecule has 0 bridgehead atoms. The summed E-state index contributed by atoms with van der Waals surface area (Å²) in [6, 6.07) is 12.7. The molecule has 0 aliphatic rings. The van der Waals surface area contributed by atoms with Crippen molar-refractivity contribution in [2.45, 2.75) is 0 Å². The molecule has 1 N–H and O–H groups in total. The normalized spacial score (nSPS) is 10.1. The number of carboxylic acids is 1. The second kappa shape index (κ2) is 5.36. The molecule has 3 aromatic rings. The predicted octanol–water partition coefficient (Wildman–Crippen LogP) is 0.986. The molecule has 0 atom stereocenters. The van der Waals surface area contributed by atoms with Gasteiger partial charge in [0.1, 0.15) is 11.0 Å². The number of nitrogens with one attached hydrogen (secondary N) is 1. The first-order valence-electron chi connectivity index (χ1n) is 5.37. The number of carbonyl (C=O) groups excluding carboxylic acids is 1. The Bertz CT molecular complexity index is 725. The molecule has 0 saturated carbocycles. The topological polar surface area (TPSA) is 81.7 Å². The summed E-state index contributed by atoms with van der Waals surface area (Å²) in [5.74, 6) is -1.26. The van der Waals surface area contributed by atoms with Crippen molar-refractivity contribution in [3.8, 4) is 11.1 Å². The van der Waals surface area contributed by atoms with Crippen LogP contribution < -0.4 is 5.11 Å². The molecule has 0 radical (unpaired) electrons. The van der Waals surface area contributed by atoms with Gasteiger partial charge in [-0.2, -0.15) is 15.4 Å². The molecular formula is C13H8AgN3O2. The number of H-pyrrole nitrogens is 1. The van der Waals surface area contributed by atoms with Crippen LogP contribution in [0.15, 0.2) is 42.5 Å². The molecule has 98 valence electrons. The van der Waals surface area contributed by atoms with Gasteiger partial charge in [-0.3, -0.25) is 0 Å². The Morgan fingerprint density at radius 2 is 1.79 bits per heavy atom. The monoisotopic (exact) mass is 345 g/mol. The Morgan fingerprint density at radius 1 is 1.05 bits per heavy atom. The van der Waals surface area contributed by atoms with Crippen LogP contribution in [0.25, 0.3) is 22.2 Å². The summed E-state index contributed by atoms with van der Waals surface area (Å²) in [6.07, 6.45) is 0. The second-order valence-electron chi connectivity index (χ2n) is 3.83. The number of benzene rings is 2. The molecule has 0 spiro atoms. The van der Waals surface area contributed by atoms with E-state index < -0.39 is 5.97 Å². The third-order valence-corrected chi connectivity index (χ3v) is 2.78. The van der Waals surface area contributed by atoms with Crippen LogP contribution >= 0.6 is 0 Å². The summed E-state index contributed by atoms with van der Waals surface area (Å²) < 4.78 is 0. The summed E-state index contributed by atoms with van der Waals surface area (Å²) >= 11 is 0. The van der Waals surface area contributed by atoms with Crippen molar-refractivity contribution in [1.82, 2.24) is 15.4 Å². The van der Waals surface area contributed by atoms with Gasteiger partial charge in [-0.1, -0.05) is 36.4 Å². The van der Waals surface area contributed by atoms with Gasteiger partial charge in [0.15, 0.2) is 0 Å². The van der Waals surface area contributed by atoms with Gasteiger partial charge in [0.05, 0.1) is 5.97 Å². The van der Waals surface area contributed by atoms with Gasteiger partial charge in [0.25, 0.3) is 0 Å². The van der Waals surface area contributed by atoms with E-state index in [1.807, 2.05) is 30.3 Å². The van der Waals surface area contributed by atoms with E-state index in [4.69, 9.17) is 0 Å². The van der Waals surface area contributed by atoms with Gasteiger partial charge >= 0.3 is 22.4 Å². The van der Waals surface area contributed by atoms with Crippen LogP contribution in [0, 0.1) is 0 Å². The van der Waals surface area contributed by atoms with Crippen molar-refractivity contribution >= 4 is 17.0 Å². The summed E-state index contributed by atoms with van der Waals surface area (Å²) in [5.41, 5.74) is 2.27. The largest absolute Gasteiger partial charge is 1.00 e. The van der Waals surface area contributed by atoms with Crippen molar-refractivity contribution < 1.29 is 32.3 Å². The van der Waals surface area contributed by atoms with Crippen LogP contribution in [0.2, 0.25) is 0 Å². The van der Waals surface area contributed by atoms with Gasteiger partial charge < -0.3 is 9.90 Å². The van der Waals surface area contributed by atoms with Crippen LogP contribution in [-0.4, -0.2) is 21.4 Å². The van der Waals surface area contributed by atoms with E-state index in [2.05, 4.69) is 15.4 Å². The van der Waals surface area contributed by atoms with Crippen LogP contribution in [-0.2, 0) is 22.4 Å². The molecule has 0 fully saturated rings. The molecule has 0 amide bonds. The maximum Gasteiger partial charge on any atom is 1.00 e. The molecule has 1 aromatic heterocycles. The maximum absolute atomic E-state index is 11.3. The standard InChI is InChI=1S/C13H9N3O2.Ag/c17-13(18)11-9(8-4-2-1-3-5-8)6-7-10-12(11)15-16-14-10;/h1-7H,(H,17,18)(H,14,15,16);/q;+1/p-1. The number of hydrogen-bond donors (Lipinski definition) is 1. The molecule has 0 aliphatic carbocycles. The number of aromatic nitrogens is 3. The molecular weight excluding hydrogens is 338 g/mol. The van der Waals surface area contributed by atoms with Gasteiger partial charge in [0, 0.05) is 5.56 Å². The van der Waals surface area contributed by atoms with E-state index in [0.717, 1.165) is 5.56 Å². The number of nitrogens with zero attached hydrogens (tertiary/aromatic N) is 2. The first-order valence-corrected chi connectivity index (χ1v) is 5.37. The third kappa shape index (κ3) is 2.31. The van der Waals surface area contributed by atoms with Crippen molar-refractivity contribution in [3.63, 3.8) is 0 Å². The smallest absolute Gasteiger partial charge is 0.545 e. The van der Waals surface area contributed by atoms with E-state index in [1.165, 1.54) is 0 Å². The fraction of sp³-hybridized carbons (Fsp3) is 0. The Balaban J connectivity index is 0.00000133. The van der Waals surface area contributed by atoms with Crippen LogP contribution in [0.5, 0.6) is 0 Å². The van der Waals surface area contributed by atoms with E-state index in [1.54, 1.807) is 12.1 Å². The number of carboxylic acid groups (broad SMARTS) is 1. The maximum atomic E-state index is 11.3. The SMILES string of the molecule is O=C([O-])c1c(-c2ccccc2)ccc2n[nH]nc12.[Ag+]. The zero-order valence-corrected chi connectivity index (χ0v) is 11.0. The Hall–Kier alpha value is -1.95. The number of hydrogen-bond acceptors (Lipinski definition) is 4. The molecule has 0 aliphatic heterocycles. The molecule has 19 heavy (non-hydrogen) atoms. The van der Waals surface area contributed by atoms with E-state index in [0.29, 0.717) is 16.6 Å². The van der Waals surface area contributed by atoms with Crippen LogP contribution in [0.1, 0.15) is 10.4 Å². The third-order valence-electron chi connectivity index (χ3n) is 2.78. The van der Waals surface area contributed by atoms with Crippen molar-refractivity contribution in [3.05, 3.63) is 48.0 Å². The van der Waals surface area contributed by atoms with E-state index in [9.17, 15) is 9.90 Å². The van der Waals surface area contributed by atoms with Gasteiger partial charge in [-0.05, 0) is 17.2 Å². The number of rotatable bonds is 2. The minimum Gasteiger partial charge on any atom is -0.545 e. The molecule has 6 heteroatoms. The average Bonchev–Trinajstić information content (AvgIpc) is 2.86. The number of aromatic amines is 1. The minimum atomic E-state index is -1.26. The predicted molar refractivity (Wildman–Crippen MR) is 63.7 cm³/mol. The average molecular weight is 346 g/mol. The summed E-state index contributed by atoms with van der Waals surface area (Å²) in [5, 5.41) is 21.5. The fourth-order valence-electron chi connectivity index (χ4n) is 1.98. The Kier molecular flexibility index (Phi) is 3.80. The zero-order valence-electron chi connectivity index (χ0n) is 9.55. The Morgan fingerprint density at radius 3 is 2.47 bits per heavy atom. The molecule has 2 aromatic carbocycles. The van der Waals surface area contributed by atoms with Gasteiger partial charge in [-0.25, -0.2) is 0 Å². The van der Waals surface area contributed by atoms with Gasteiger partial charge in [-0.15, -0.1) is 0 Å². The van der Waals surface area contributed by atoms with E-state index in [-0.39, 0.29) is 27.9 Å². The quantitative estimate of drug-likeness (QED) is 0.702. The number of aromatic carboxylic acids is 1. The van der Waals surface area contributed by atoms with Crippen molar-refractivity contribution in [1.29, 1.82) is 0 Å². The van der Waals surface area contributed by atoms with Crippen molar-refractivity contribution in [2.24, 2.45) is 0 Å². The van der Waals surface area contributed by atoms with Crippen LogP contribution in [0.3, 0.4) is 0 Å². The van der Waals surface area contributed by atoms with Crippen molar-refractivity contribution in [2.75, 3.05) is 0 Å². The fourth-order valence-corrected chi connectivity index (χ4v) is 1.98. The molecule has 5 nitrogen and oxygen atoms in total. The second-order valence-corrected chi connectivity index (χ2v) is 3.83. The first kappa shape index (κ1) is 13.5. The minimum absolute atomic E-state index is 0. The molecule has 0 saturated heterocycles. The zero-order chi connectivity index (χ0) is 12.5. The summed E-state index contributed by atoms with van der Waals surface area (Å²) in [4.78, 5) is 11.3. The summed E-state index contributed by atoms with van der Waals surface area (Å²) in [6.45, 7) is 0. The number of fused-ring (bicyclic) bond motifs is 1. The Labute approximate surface area is 124 Å². The number of carbonyl (C=O) groups is 1. The molecule has 3 rings (SSSR count). The van der Waals surface area contributed by atoms with E-state index >= 15 is 0 Å². The summed E-state index contributed by atoms with van der Waals surface area (Å²) in [7, 11) is 0. The molecule has 1 heterocycles.